The molecule has 0 radical (unpaired) electrons. The molecule has 0 aliphatic carbocycles. The lowest BCUT2D eigenvalue weighted by atomic mass is 10.1. The van der Waals surface area contributed by atoms with E-state index in [2.05, 4.69) is 10.6 Å². The SMILES string of the molecule is Cc1ccc(NC(=O)NCCCS(N)(=O)=O)c(C(=O)O)c1. The third-order valence-corrected chi connectivity index (χ3v) is 3.40. The van der Waals surface area contributed by atoms with E-state index in [1.54, 1.807) is 13.0 Å². The van der Waals surface area contributed by atoms with Crippen LogP contribution in [0.15, 0.2) is 18.2 Å². The molecular formula is C12H17N3O5S. The molecule has 0 aliphatic heterocycles. The van der Waals surface area contributed by atoms with E-state index >= 15 is 0 Å². The predicted octanol–water partition coefficient (Wildman–Crippen LogP) is 0.493. The number of aryl methyl sites for hydroxylation is 1. The summed E-state index contributed by atoms with van der Waals surface area (Å²) in [5.74, 6) is -1.39. The van der Waals surface area contributed by atoms with Crippen molar-refractivity contribution in [2.24, 2.45) is 5.14 Å². The Morgan fingerprint density at radius 2 is 2.00 bits per heavy atom. The van der Waals surface area contributed by atoms with Crippen LogP contribution in [0.5, 0.6) is 0 Å². The minimum absolute atomic E-state index is 0.0188. The van der Waals surface area contributed by atoms with Gasteiger partial charge in [0.25, 0.3) is 0 Å². The third kappa shape index (κ3) is 6.23. The fourth-order valence-electron chi connectivity index (χ4n) is 1.59. The average Bonchev–Trinajstić information content (AvgIpc) is 2.35. The predicted molar refractivity (Wildman–Crippen MR) is 77.8 cm³/mol. The number of urea groups is 1. The molecule has 0 atom stereocenters. The Morgan fingerprint density at radius 1 is 1.33 bits per heavy atom. The van der Waals surface area contributed by atoms with Gasteiger partial charge in [-0.15, -0.1) is 0 Å². The van der Waals surface area contributed by atoms with Crippen LogP contribution in [-0.4, -0.2) is 37.8 Å². The smallest absolute Gasteiger partial charge is 0.337 e. The van der Waals surface area contributed by atoms with Crippen LogP contribution in [0.1, 0.15) is 22.3 Å². The molecule has 0 bridgehead atoms. The molecule has 0 fully saturated rings. The van der Waals surface area contributed by atoms with Crippen molar-refractivity contribution in [3.63, 3.8) is 0 Å². The van der Waals surface area contributed by atoms with Crippen LogP contribution < -0.4 is 15.8 Å². The van der Waals surface area contributed by atoms with Crippen molar-refractivity contribution in [3.05, 3.63) is 29.3 Å². The molecule has 1 aromatic carbocycles. The molecule has 1 rings (SSSR count). The van der Waals surface area contributed by atoms with Gasteiger partial charge >= 0.3 is 12.0 Å². The van der Waals surface area contributed by atoms with Gasteiger partial charge in [0.15, 0.2) is 0 Å². The summed E-state index contributed by atoms with van der Waals surface area (Å²) in [6.07, 6.45) is 0.173. The van der Waals surface area contributed by atoms with E-state index in [-0.39, 0.29) is 30.0 Å². The highest BCUT2D eigenvalue weighted by Gasteiger charge is 2.12. The number of carboxylic acid groups (broad SMARTS) is 1. The number of sulfonamides is 1. The molecule has 1 aromatic rings. The van der Waals surface area contributed by atoms with E-state index in [9.17, 15) is 18.0 Å². The first-order valence-electron chi connectivity index (χ1n) is 6.08. The Bertz CT molecular complexity index is 642. The zero-order valence-corrected chi connectivity index (χ0v) is 12.2. The van der Waals surface area contributed by atoms with Crippen LogP contribution in [-0.2, 0) is 10.0 Å². The first-order valence-corrected chi connectivity index (χ1v) is 7.80. The lowest BCUT2D eigenvalue weighted by Crippen LogP contribution is -2.31. The molecule has 5 N–H and O–H groups in total. The van der Waals surface area contributed by atoms with Crippen molar-refractivity contribution in [3.8, 4) is 0 Å². The number of amides is 2. The maximum Gasteiger partial charge on any atom is 0.337 e. The van der Waals surface area contributed by atoms with Gasteiger partial charge in [0.05, 0.1) is 17.0 Å². The third-order valence-electron chi connectivity index (χ3n) is 2.54. The fourth-order valence-corrected chi connectivity index (χ4v) is 2.13. The second kappa shape index (κ2) is 7.04. The van der Waals surface area contributed by atoms with Gasteiger partial charge in [-0.2, -0.15) is 0 Å². The van der Waals surface area contributed by atoms with Crippen LogP contribution in [0, 0.1) is 6.92 Å². The maximum atomic E-state index is 11.6. The molecule has 8 nitrogen and oxygen atoms in total. The van der Waals surface area contributed by atoms with E-state index in [4.69, 9.17) is 10.2 Å². The molecule has 9 heteroatoms. The molecule has 2 amide bonds. The summed E-state index contributed by atoms with van der Waals surface area (Å²) in [5.41, 5.74) is 0.901. The number of carbonyl (C=O) groups is 2. The lowest BCUT2D eigenvalue weighted by molar-refractivity contribution is 0.0698. The van der Waals surface area contributed by atoms with E-state index in [1.165, 1.54) is 12.1 Å². The summed E-state index contributed by atoms with van der Waals surface area (Å²) in [4.78, 5) is 22.7. The number of aromatic carboxylic acids is 1. The normalized spacial score (nSPS) is 11.0. The Hall–Kier alpha value is -2.13. The summed E-state index contributed by atoms with van der Waals surface area (Å²) in [6.45, 7) is 1.85. The highest BCUT2D eigenvalue weighted by atomic mass is 32.2. The number of carboxylic acids is 1. The highest BCUT2D eigenvalue weighted by molar-refractivity contribution is 7.89. The monoisotopic (exact) mass is 315 g/mol. The molecule has 0 saturated heterocycles. The van der Waals surface area contributed by atoms with E-state index < -0.39 is 22.0 Å². The number of nitrogens with one attached hydrogen (secondary N) is 2. The van der Waals surface area contributed by atoms with Crippen molar-refractivity contribution in [2.75, 3.05) is 17.6 Å². The van der Waals surface area contributed by atoms with E-state index in [1.807, 2.05) is 0 Å². The average molecular weight is 315 g/mol. The summed E-state index contributed by atoms with van der Waals surface area (Å²) in [6, 6.07) is 3.99. The molecule has 0 spiro atoms. The van der Waals surface area contributed by atoms with Gasteiger partial charge in [0.2, 0.25) is 10.0 Å². The molecule has 21 heavy (non-hydrogen) atoms. The molecule has 0 aromatic heterocycles. The number of hydrogen-bond donors (Lipinski definition) is 4. The number of rotatable bonds is 6. The number of nitrogens with two attached hydrogens (primary N) is 1. The fraction of sp³-hybridized carbons (Fsp3) is 0.333. The van der Waals surface area contributed by atoms with Crippen molar-refractivity contribution in [1.29, 1.82) is 0 Å². The van der Waals surface area contributed by atoms with Gasteiger partial charge in [-0.3, -0.25) is 0 Å². The van der Waals surface area contributed by atoms with Crippen molar-refractivity contribution < 1.29 is 23.1 Å². The van der Waals surface area contributed by atoms with Gasteiger partial charge in [-0.05, 0) is 25.5 Å². The summed E-state index contributed by atoms with van der Waals surface area (Å²) in [7, 11) is -3.55. The number of anilines is 1. The molecule has 0 saturated carbocycles. The standard InChI is InChI=1S/C12H17N3O5S/c1-8-3-4-10(9(7-8)11(16)17)15-12(18)14-5-2-6-21(13,19)20/h3-4,7H,2,5-6H2,1H3,(H,16,17)(H2,13,19,20)(H2,14,15,18). The first kappa shape index (κ1) is 16.9. The molecule has 0 heterocycles. The van der Waals surface area contributed by atoms with Crippen LogP contribution in [0.2, 0.25) is 0 Å². The van der Waals surface area contributed by atoms with Crippen molar-refractivity contribution in [2.45, 2.75) is 13.3 Å². The number of hydrogen-bond acceptors (Lipinski definition) is 4. The Labute approximate surface area is 122 Å². The van der Waals surface area contributed by atoms with Crippen molar-refractivity contribution >= 4 is 27.7 Å². The number of carbonyl (C=O) groups excluding carboxylic acids is 1. The summed E-state index contributed by atoms with van der Waals surface area (Å²) < 4.78 is 21.4. The Balaban J connectivity index is 2.57. The molecule has 0 unspecified atom stereocenters. The Kier molecular flexibility index (Phi) is 5.68. The second-order valence-corrected chi connectivity index (χ2v) is 6.19. The minimum Gasteiger partial charge on any atom is -0.478 e. The number of primary sulfonamides is 1. The quantitative estimate of drug-likeness (QED) is 0.566. The molecule has 116 valence electrons. The highest BCUT2D eigenvalue weighted by Crippen LogP contribution is 2.17. The van der Waals surface area contributed by atoms with Gasteiger partial charge < -0.3 is 15.7 Å². The van der Waals surface area contributed by atoms with Gasteiger partial charge in [-0.25, -0.2) is 23.1 Å². The van der Waals surface area contributed by atoms with E-state index in [0.717, 1.165) is 5.56 Å². The maximum absolute atomic E-state index is 11.6. The molecular weight excluding hydrogens is 298 g/mol. The van der Waals surface area contributed by atoms with Crippen LogP contribution in [0.3, 0.4) is 0 Å². The van der Waals surface area contributed by atoms with Crippen molar-refractivity contribution in [1.82, 2.24) is 5.32 Å². The summed E-state index contributed by atoms with van der Waals surface area (Å²) >= 11 is 0. The number of benzene rings is 1. The van der Waals surface area contributed by atoms with Gasteiger partial charge in [0.1, 0.15) is 0 Å². The largest absolute Gasteiger partial charge is 0.478 e. The van der Waals surface area contributed by atoms with Crippen LogP contribution >= 0.6 is 0 Å². The zero-order valence-electron chi connectivity index (χ0n) is 11.4. The van der Waals surface area contributed by atoms with E-state index in [0.29, 0.717) is 0 Å². The first-order chi connectivity index (χ1) is 9.69. The van der Waals surface area contributed by atoms with Crippen LogP contribution in [0.4, 0.5) is 10.5 Å². The minimum atomic E-state index is -3.55. The topological polar surface area (TPSA) is 139 Å². The van der Waals surface area contributed by atoms with Crippen LogP contribution in [0.25, 0.3) is 0 Å². The van der Waals surface area contributed by atoms with Gasteiger partial charge in [-0.1, -0.05) is 11.6 Å². The second-order valence-electron chi connectivity index (χ2n) is 4.46. The lowest BCUT2D eigenvalue weighted by Gasteiger charge is -2.10. The van der Waals surface area contributed by atoms with Gasteiger partial charge in [0, 0.05) is 6.54 Å². The Morgan fingerprint density at radius 3 is 2.57 bits per heavy atom. The summed E-state index contributed by atoms with van der Waals surface area (Å²) in [5, 5.41) is 18.7. The molecule has 0 aliphatic rings. The zero-order chi connectivity index (χ0) is 16.0.